The predicted molar refractivity (Wildman–Crippen MR) is 71.3 cm³/mol. The van der Waals surface area contributed by atoms with Crippen LogP contribution in [0.5, 0.6) is 5.75 Å². The summed E-state index contributed by atoms with van der Waals surface area (Å²) in [6.45, 7) is 5.77. The van der Waals surface area contributed by atoms with Crippen molar-refractivity contribution >= 4 is 0 Å². The van der Waals surface area contributed by atoms with Gasteiger partial charge in [0.25, 0.3) is 0 Å². The van der Waals surface area contributed by atoms with E-state index in [1.807, 2.05) is 12.1 Å². The highest BCUT2D eigenvalue weighted by Gasteiger charge is 2.23. The highest BCUT2D eigenvalue weighted by Crippen LogP contribution is 2.23. The second-order valence-electron chi connectivity index (χ2n) is 5.29. The molecule has 1 aromatic rings. The van der Waals surface area contributed by atoms with Crippen LogP contribution in [0.1, 0.15) is 38.7 Å². The Hall–Kier alpha value is -1.02. The molecule has 0 bridgehead atoms. The van der Waals surface area contributed by atoms with Crippen molar-refractivity contribution in [3.8, 4) is 5.75 Å². The number of rotatable bonds is 3. The number of hydrogen-bond acceptors (Lipinski definition) is 2. The lowest BCUT2D eigenvalue weighted by Gasteiger charge is -2.39. The molecule has 0 aliphatic carbocycles. The van der Waals surface area contributed by atoms with Crippen LogP contribution in [0.4, 0.5) is 0 Å². The molecule has 0 spiro atoms. The number of nitrogens with zero attached hydrogens (tertiary/aromatic N) is 1. The molecular weight excluding hydrogens is 210 g/mol. The highest BCUT2D eigenvalue weighted by molar-refractivity contribution is 5.27. The summed E-state index contributed by atoms with van der Waals surface area (Å²) in [6.07, 6.45) is 5.04. The van der Waals surface area contributed by atoms with Gasteiger partial charge < -0.3 is 5.11 Å². The minimum atomic E-state index is 0.377. The van der Waals surface area contributed by atoms with Gasteiger partial charge in [-0.1, -0.05) is 18.6 Å². The van der Waals surface area contributed by atoms with Gasteiger partial charge in [0, 0.05) is 18.6 Å². The largest absolute Gasteiger partial charge is 0.508 e. The maximum atomic E-state index is 9.44. The predicted octanol–water partition coefficient (Wildman–Crippen LogP) is 3.20. The Kier molecular flexibility index (Phi) is 4.06. The van der Waals surface area contributed by atoms with Crippen LogP contribution in [-0.2, 0) is 6.42 Å². The fourth-order valence-electron chi connectivity index (χ4n) is 2.89. The summed E-state index contributed by atoms with van der Waals surface area (Å²) in [7, 11) is 0. The van der Waals surface area contributed by atoms with Gasteiger partial charge in [0.1, 0.15) is 5.75 Å². The van der Waals surface area contributed by atoms with Crippen molar-refractivity contribution < 1.29 is 5.11 Å². The van der Waals surface area contributed by atoms with Crippen LogP contribution in [-0.4, -0.2) is 28.6 Å². The van der Waals surface area contributed by atoms with Gasteiger partial charge in [0.15, 0.2) is 0 Å². The minimum absolute atomic E-state index is 0.377. The molecule has 1 fully saturated rings. The van der Waals surface area contributed by atoms with Gasteiger partial charge in [-0.15, -0.1) is 0 Å². The molecule has 2 unspecified atom stereocenters. The molecule has 1 saturated heterocycles. The number of hydrogen-bond donors (Lipinski definition) is 1. The molecule has 1 aromatic carbocycles. The number of piperidine rings is 1. The third kappa shape index (κ3) is 3.22. The average molecular weight is 233 g/mol. The molecule has 2 atom stereocenters. The summed E-state index contributed by atoms with van der Waals surface area (Å²) in [5.74, 6) is 0.377. The average Bonchev–Trinajstić information content (AvgIpc) is 2.28. The molecule has 94 valence electrons. The normalized spacial score (nSPS) is 26.0. The van der Waals surface area contributed by atoms with Crippen LogP contribution < -0.4 is 0 Å². The van der Waals surface area contributed by atoms with Gasteiger partial charge in [-0.25, -0.2) is 0 Å². The fourth-order valence-corrected chi connectivity index (χ4v) is 2.89. The van der Waals surface area contributed by atoms with E-state index in [9.17, 15) is 5.11 Å². The second-order valence-corrected chi connectivity index (χ2v) is 5.29. The van der Waals surface area contributed by atoms with Crippen molar-refractivity contribution in [2.24, 2.45) is 0 Å². The lowest BCUT2D eigenvalue weighted by Crippen LogP contribution is -2.44. The first-order chi connectivity index (χ1) is 8.16. The van der Waals surface area contributed by atoms with Crippen molar-refractivity contribution in [2.45, 2.75) is 51.6 Å². The van der Waals surface area contributed by atoms with Gasteiger partial charge in [-0.3, -0.25) is 4.90 Å². The van der Waals surface area contributed by atoms with Crippen LogP contribution >= 0.6 is 0 Å². The molecule has 1 aliphatic rings. The van der Waals surface area contributed by atoms with E-state index < -0.39 is 0 Å². The molecule has 1 heterocycles. The summed E-state index contributed by atoms with van der Waals surface area (Å²) in [6, 6.07) is 9.04. The summed E-state index contributed by atoms with van der Waals surface area (Å²) < 4.78 is 0. The number of phenols is 1. The molecule has 17 heavy (non-hydrogen) atoms. The quantitative estimate of drug-likeness (QED) is 0.866. The molecule has 0 radical (unpaired) electrons. The van der Waals surface area contributed by atoms with Crippen molar-refractivity contribution in [2.75, 3.05) is 6.54 Å². The third-order valence-corrected chi connectivity index (χ3v) is 3.95. The SMILES string of the molecule is CC1CCCC(C)N1CCc1cccc(O)c1. The van der Waals surface area contributed by atoms with Crippen LogP contribution in [0.3, 0.4) is 0 Å². The molecule has 2 rings (SSSR count). The van der Waals surface area contributed by atoms with Crippen LogP contribution in [0.2, 0.25) is 0 Å². The van der Waals surface area contributed by atoms with Crippen molar-refractivity contribution in [1.29, 1.82) is 0 Å². The van der Waals surface area contributed by atoms with Gasteiger partial charge in [0.2, 0.25) is 0 Å². The molecule has 1 N–H and O–H groups in total. The molecule has 2 nitrogen and oxygen atoms in total. The maximum Gasteiger partial charge on any atom is 0.115 e. The Morgan fingerprint density at radius 3 is 2.59 bits per heavy atom. The molecule has 0 amide bonds. The first kappa shape index (κ1) is 12.4. The van der Waals surface area contributed by atoms with E-state index in [1.165, 1.54) is 24.8 Å². The van der Waals surface area contributed by atoms with Crippen LogP contribution in [0, 0.1) is 0 Å². The molecule has 2 heteroatoms. The standard InChI is InChI=1S/C15H23NO/c1-12-5-3-6-13(2)16(12)10-9-14-7-4-8-15(17)11-14/h4,7-8,11-13,17H,3,5-6,9-10H2,1-2H3. The molecule has 1 aliphatic heterocycles. The minimum Gasteiger partial charge on any atom is -0.508 e. The zero-order chi connectivity index (χ0) is 12.3. The van der Waals surface area contributed by atoms with E-state index in [2.05, 4.69) is 24.8 Å². The van der Waals surface area contributed by atoms with Gasteiger partial charge in [-0.2, -0.15) is 0 Å². The lowest BCUT2D eigenvalue weighted by molar-refractivity contribution is 0.105. The summed E-state index contributed by atoms with van der Waals surface area (Å²) >= 11 is 0. The summed E-state index contributed by atoms with van der Waals surface area (Å²) in [5, 5.41) is 9.44. The molecular formula is C15H23NO. The number of phenolic OH excluding ortho intramolecular Hbond substituents is 1. The zero-order valence-corrected chi connectivity index (χ0v) is 10.9. The van der Waals surface area contributed by atoms with E-state index in [0.29, 0.717) is 17.8 Å². The van der Waals surface area contributed by atoms with Crippen LogP contribution in [0.15, 0.2) is 24.3 Å². The topological polar surface area (TPSA) is 23.5 Å². The van der Waals surface area contributed by atoms with E-state index in [-0.39, 0.29) is 0 Å². The van der Waals surface area contributed by atoms with Crippen LogP contribution in [0.25, 0.3) is 0 Å². The lowest BCUT2D eigenvalue weighted by atomic mass is 9.97. The smallest absolute Gasteiger partial charge is 0.115 e. The van der Waals surface area contributed by atoms with E-state index in [4.69, 9.17) is 0 Å². The Bertz CT molecular complexity index is 354. The number of aromatic hydroxyl groups is 1. The zero-order valence-electron chi connectivity index (χ0n) is 10.9. The van der Waals surface area contributed by atoms with Crippen molar-refractivity contribution in [3.05, 3.63) is 29.8 Å². The van der Waals surface area contributed by atoms with Gasteiger partial charge in [-0.05, 0) is 50.8 Å². The van der Waals surface area contributed by atoms with Crippen molar-refractivity contribution in [1.82, 2.24) is 4.90 Å². The van der Waals surface area contributed by atoms with Crippen molar-refractivity contribution in [3.63, 3.8) is 0 Å². The third-order valence-electron chi connectivity index (χ3n) is 3.95. The fraction of sp³-hybridized carbons (Fsp3) is 0.600. The van der Waals surface area contributed by atoms with E-state index in [1.54, 1.807) is 6.07 Å². The Balaban J connectivity index is 1.92. The Labute approximate surface area is 104 Å². The van der Waals surface area contributed by atoms with E-state index >= 15 is 0 Å². The Morgan fingerprint density at radius 2 is 1.94 bits per heavy atom. The number of likely N-dealkylation sites (tertiary alicyclic amines) is 1. The first-order valence-electron chi connectivity index (χ1n) is 6.70. The Morgan fingerprint density at radius 1 is 1.24 bits per heavy atom. The highest BCUT2D eigenvalue weighted by atomic mass is 16.3. The molecule has 0 aromatic heterocycles. The number of benzene rings is 1. The summed E-state index contributed by atoms with van der Waals surface area (Å²) in [5.41, 5.74) is 1.23. The van der Waals surface area contributed by atoms with E-state index in [0.717, 1.165) is 13.0 Å². The van der Waals surface area contributed by atoms with Gasteiger partial charge >= 0.3 is 0 Å². The maximum absolute atomic E-state index is 9.44. The molecule has 0 saturated carbocycles. The van der Waals surface area contributed by atoms with Gasteiger partial charge in [0.05, 0.1) is 0 Å². The monoisotopic (exact) mass is 233 g/mol. The summed E-state index contributed by atoms with van der Waals surface area (Å²) in [4.78, 5) is 2.60. The first-order valence-corrected chi connectivity index (χ1v) is 6.70. The second kappa shape index (κ2) is 5.54.